The Labute approximate surface area is 279 Å². The van der Waals surface area contributed by atoms with Crippen molar-refractivity contribution in [2.24, 2.45) is 0 Å². The molecule has 0 bridgehead atoms. The van der Waals surface area contributed by atoms with E-state index in [0.717, 1.165) is 12.8 Å². The molecule has 3 rings (SSSR count). The van der Waals surface area contributed by atoms with Gasteiger partial charge in [-0.15, -0.1) is 45.1 Å². The number of rotatable bonds is 14. The molecule has 3 aromatic rings. The Bertz CT molecular complexity index is 1340. The van der Waals surface area contributed by atoms with Crippen molar-refractivity contribution < 1.29 is 0 Å². The molecule has 0 aliphatic carbocycles. The van der Waals surface area contributed by atoms with Crippen molar-refractivity contribution in [1.29, 1.82) is 0 Å². The number of thiophene rings is 3. The highest BCUT2D eigenvalue weighted by Crippen LogP contribution is 2.47. The van der Waals surface area contributed by atoms with Gasteiger partial charge in [0.15, 0.2) is 0 Å². The first-order valence-electron chi connectivity index (χ1n) is 16.9. The molecule has 0 saturated heterocycles. The minimum atomic E-state index is -1.46. The maximum absolute atomic E-state index is 3.72. The summed E-state index contributed by atoms with van der Waals surface area (Å²) in [6, 6.07) is 4.84. The van der Waals surface area contributed by atoms with Crippen LogP contribution in [0.5, 0.6) is 0 Å². The van der Waals surface area contributed by atoms with Crippen molar-refractivity contribution in [3.05, 3.63) is 44.1 Å². The van der Waals surface area contributed by atoms with Gasteiger partial charge in [-0.2, -0.15) is 0 Å². The lowest BCUT2D eigenvalue weighted by atomic mass is 9.97. The lowest BCUT2D eigenvalue weighted by molar-refractivity contribution is 0.762. The first-order valence-corrected chi connectivity index (χ1v) is 26.3. The zero-order valence-electron chi connectivity index (χ0n) is 28.9. The van der Waals surface area contributed by atoms with Crippen LogP contribution in [0.25, 0.3) is 19.5 Å². The number of hydrogen-bond acceptors (Lipinski definition) is 3. The molecule has 0 N–H and O–H groups in total. The normalized spacial score (nSPS) is 11.8. The van der Waals surface area contributed by atoms with Crippen molar-refractivity contribution >= 4 is 50.2 Å². The van der Waals surface area contributed by atoms with E-state index in [9.17, 15) is 0 Å². The largest absolute Gasteiger partial charge is 0.133 e. The van der Waals surface area contributed by atoms with E-state index in [-0.39, 0.29) is 0 Å². The maximum Gasteiger partial charge on any atom is 0.129 e. The highest BCUT2D eigenvalue weighted by molar-refractivity contribution is 7.27. The predicted molar refractivity (Wildman–Crippen MR) is 206 cm³/mol. The Morgan fingerprint density at radius 3 is 1.12 bits per heavy atom. The standard InChI is InChI=1S/C38H56S3Si2/c1-11-15-19-29-31(21-17-13-3)37(40-33(29)25-27-42(5,6)7)35-23-24-36(39-35)38-32(22-18-14-4)30(20-16-12-2)34(41-38)26-28-43(8,9)10/h23-24H,11-22H2,1-10H3. The van der Waals surface area contributed by atoms with E-state index in [1.165, 1.54) is 93.5 Å². The van der Waals surface area contributed by atoms with Crippen LogP contribution in [-0.4, -0.2) is 16.1 Å². The van der Waals surface area contributed by atoms with E-state index < -0.39 is 16.1 Å². The minimum Gasteiger partial charge on any atom is -0.133 e. The molecule has 0 amide bonds. The van der Waals surface area contributed by atoms with Crippen LogP contribution in [0.4, 0.5) is 0 Å². The maximum atomic E-state index is 3.72. The van der Waals surface area contributed by atoms with Gasteiger partial charge in [0.05, 0.1) is 9.75 Å². The van der Waals surface area contributed by atoms with Gasteiger partial charge in [-0.3, -0.25) is 0 Å². The topological polar surface area (TPSA) is 0 Å². The summed E-state index contributed by atoms with van der Waals surface area (Å²) in [6.45, 7) is 23.4. The van der Waals surface area contributed by atoms with Crippen LogP contribution in [0.15, 0.2) is 12.1 Å². The van der Waals surface area contributed by atoms with Crippen LogP contribution in [0, 0.1) is 22.9 Å². The van der Waals surface area contributed by atoms with Crippen molar-refractivity contribution in [1.82, 2.24) is 0 Å². The predicted octanol–water partition coefficient (Wildman–Crippen LogP) is 13.0. The fourth-order valence-electron chi connectivity index (χ4n) is 5.14. The molecule has 0 aromatic carbocycles. The summed E-state index contributed by atoms with van der Waals surface area (Å²) in [4.78, 5) is 8.55. The molecule has 0 saturated carbocycles. The average Bonchev–Trinajstić information content (AvgIpc) is 3.64. The third kappa shape index (κ3) is 10.6. The monoisotopic (exact) mass is 664 g/mol. The molecule has 0 fully saturated rings. The smallest absolute Gasteiger partial charge is 0.129 e. The van der Waals surface area contributed by atoms with Gasteiger partial charge < -0.3 is 0 Å². The van der Waals surface area contributed by atoms with Crippen LogP contribution in [0.3, 0.4) is 0 Å². The summed E-state index contributed by atoms with van der Waals surface area (Å²) in [5.74, 6) is 7.44. The Morgan fingerprint density at radius 1 is 0.488 bits per heavy atom. The summed E-state index contributed by atoms with van der Waals surface area (Å²) in [5.41, 5.74) is 13.7. The molecular weight excluding hydrogens is 609 g/mol. The van der Waals surface area contributed by atoms with Gasteiger partial charge in [-0.25, -0.2) is 0 Å². The average molecular weight is 665 g/mol. The summed E-state index contributed by atoms with van der Waals surface area (Å²) in [5, 5.41) is 0. The third-order valence-corrected chi connectivity index (χ3v) is 13.1. The van der Waals surface area contributed by atoms with Gasteiger partial charge in [0.1, 0.15) is 16.1 Å². The molecular formula is C38H56S3Si2. The molecule has 234 valence electrons. The number of hydrogen-bond donors (Lipinski definition) is 0. The van der Waals surface area contributed by atoms with Gasteiger partial charge >= 0.3 is 0 Å². The third-order valence-electron chi connectivity index (χ3n) is 7.51. The summed E-state index contributed by atoms with van der Waals surface area (Å²) >= 11 is 5.98. The second-order valence-electron chi connectivity index (χ2n) is 14.0. The minimum absolute atomic E-state index is 1.16. The second-order valence-corrected chi connectivity index (χ2v) is 26.6. The molecule has 0 spiro atoms. The lowest BCUT2D eigenvalue weighted by Gasteiger charge is -2.08. The molecule has 0 aliphatic heterocycles. The van der Waals surface area contributed by atoms with Crippen molar-refractivity contribution in [2.45, 2.75) is 144 Å². The van der Waals surface area contributed by atoms with Crippen LogP contribution in [0.2, 0.25) is 39.3 Å². The summed E-state index contributed by atoms with van der Waals surface area (Å²) < 4.78 is 0. The number of unbranched alkanes of at least 4 members (excludes halogenated alkanes) is 4. The fraction of sp³-hybridized carbons (Fsp3) is 0.579. The quantitative estimate of drug-likeness (QED) is 0.119. The Morgan fingerprint density at radius 2 is 0.814 bits per heavy atom. The Kier molecular flexibility index (Phi) is 14.1. The van der Waals surface area contributed by atoms with Crippen molar-refractivity contribution in [3.8, 4) is 42.4 Å². The highest BCUT2D eigenvalue weighted by Gasteiger charge is 2.23. The van der Waals surface area contributed by atoms with Gasteiger partial charge in [0.25, 0.3) is 0 Å². The fourth-order valence-corrected chi connectivity index (χ4v) is 10.1. The van der Waals surface area contributed by atoms with Crippen LogP contribution >= 0.6 is 34.0 Å². The zero-order valence-corrected chi connectivity index (χ0v) is 33.3. The van der Waals surface area contributed by atoms with Gasteiger partial charge in [0.2, 0.25) is 0 Å². The van der Waals surface area contributed by atoms with Gasteiger partial charge in [-0.05, 0) is 85.8 Å². The molecule has 3 aromatic heterocycles. The molecule has 5 heteroatoms. The van der Waals surface area contributed by atoms with E-state index in [1.54, 1.807) is 22.3 Å². The van der Waals surface area contributed by atoms with Crippen LogP contribution in [0.1, 0.15) is 111 Å². The van der Waals surface area contributed by atoms with E-state index in [4.69, 9.17) is 0 Å². The van der Waals surface area contributed by atoms with Crippen LogP contribution in [-0.2, 0) is 25.7 Å². The first-order chi connectivity index (χ1) is 20.4. The second kappa shape index (κ2) is 16.8. The molecule has 43 heavy (non-hydrogen) atoms. The van der Waals surface area contributed by atoms with Gasteiger partial charge in [0, 0.05) is 19.5 Å². The summed E-state index contributed by atoms with van der Waals surface area (Å²) in [6.07, 6.45) is 14.5. The van der Waals surface area contributed by atoms with E-state index >= 15 is 0 Å². The van der Waals surface area contributed by atoms with Crippen molar-refractivity contribution in [3.63, 3.8) is 0 Å². The summed E-state index contributed by atoms with van der Waals surface area (Å²) in [7, 11) is -2.91. The van der Waals surface area contributed by atoms with E-state index in [2.05, 4.69) is 102 Å². The SMILES string of the molecule is CCCCc1c(C#C[Si](C)(C)C)sc(-c2ccc(-c3sc(C#C[Si](C)(C)C)c(CCCC)c3CCCC)s2)c1CCCC. The van der Waals surface area contributed by atoms with Gasteiger partial charge in [-0.1, -0.05) is 105 Å². The molecule has 0 unspecified atom stereocenters. The lowest BCUT2D eigenvalue weighted by Crippen LogP contribution is -2.16. The molecule has 0 atom stereocenters. The van der Waals surface area contributed by atoms with Crippen LogP contribution < -0.4 is 0 Å². The Balaban J connectivity index is 2.19. The van der Waals surface area contributed by atoms with E-state index in [0.29, 0.717) is 0 Å². The zero-order chi connectivity index (χ0) is 31.6. The van der Waals surface area contributed by atoms with Crippen molar-refractivity contribution in [2.75, 3.05) is 0 Å². The Hall–Kier alpha value is -1.35. The molecule has 0 nitrogen and oxygen atoms in total. The first kappa shape index (κ1) is 36.1. The molecule has 0 aliphatic rings. The molecule has 3 heterocycles. The van der Waals surface area contributed by atoms with E-state index in [1.807, 2.05) is 34.0 Å². The highest BCUT2D eigenvalue weighted by atomic mass is 32.1. The molecule has 0 radical (unpaired) electrons.